The number of aryl methyl sites for hydroxylation is 1. The van der Waals surface area contributed by atoms with E-state index in [-0.39, 0.29) is 29.8 Å². The van der Waals surface area contributed by atoms with Crippen molar-refractivity contribution in [1.29, 1.82) is 0 Å². The first-order valence-corrected chi connectivity index (χ1v) is 9.42. The number of carbonyl (C=O) groups excluding carboxylic acids is 1. The molecule has 0 bridgehead atoms. The van der Waals surface area contributed by atoms with Gasteiger partial charge in [0.2, 0.25) is 11.5 Å². The summed E-state index contributed by atoms with van der Waals surface area (Å²) < 4.78 is 17.5. The molecule has 4 atom stereocenters. The van der Waals surface area contributed by atoms with Crippen LogP contribution in [-0.2, 0) is 20.7 Å². The molecule has 1 fully saturated rings. The lowest BCUT2D eigenvalue weighted by molar-refractivity contribution is -0.140. The van der Waals surface area contributed by atoms with Crippen LogP contribution < -0.4 is 4.74 Å². The Morgan fingerprint density at radius 2 is 1.92 bits per heavy atom. The van der Waals surface area contributed by atoms with Crippen LogP contribution in [0.3, 0.4) is 0 Å². The second-order valence-corrected chi connectivity index (χ2v) is 6.98. The van der Waals surface area contributed by atoms with E-state index in [2.05, 4.69) is 13.8 Å². The van der Waals surface area contributed by atoms with Crippen LogP contribution in [0.2, 0.25) is 0 Å². The number of ketones is 1. The van der Waals surface area contributed by atoms with E-state index in [1.54, 1.807) is 0 Å². The lowest BCUT2D eigenvalue weighted by Gasteiger charge is -2.41. The van der Waals surface area contributed by atoms with Crippen molar-refractivity contribution in [1.82, 2.24) is 0 Å². The molecule has 0 N–H and O–H groups in total. The van der Waals surface area contributed by atoms with Crippen molar-refractivity contribution in [2.75, 3.05) is 6.61 Å². The Balaban J connectivity index is 1.68. The molecule has 2 aliphatic rings. The second-order valence-electron chi connectivity index (χ2n) is 6.98. The van der Waals surface area contributed by atoms with Gasteiger partial charge in [-0.25, -0.2) is 0 Å². The minimum absolute atomic E-state index is 0.0516. The summed E-state index contributed by atoms with van der Waals surface area (Å²) in [6.45, 7) is 6.96. The number of Topliss-reactive ketones (excluding diaryl/α,β-unsaturated/α-hetero) is 1. The molecule has 0 amide bonds. The molecule has 0 saturated heterocycles. The smallest absolute Gasteiger partial charge is 0.208 e. The van der Waals surface area contributed by atoms with E-state index in [1.165, 1.54) is 11.8 Å². The number of hydrogen-bond acceptors (Lipinski definition) is 4. The van der Waals surface area contributed by atoms with Gasteiger partial charge in [0, 0.05) is 12.5 Å². The number of benzene rings is 1. The van der Waals surface area contributed by atoms with Crippen LogP contribution >= 0.6 is 0 Å². The van der Waals surface area contributed by atoms with E-state index >= 15 is 0 Å². The highest BCUT2D eigenvalue weighted by atomic mass is 16.5. The molecule has 136 valence electrons. The van der Waals surface area contributed by atoms with Crippen molar-refractivity contribution in [3.63, 3.8) is 0 Å². The van der Waals surface area contributed by atoms with E-state index < -0.39 is 0 Å². The highest BCUT2D eigenvalue weighted by Crippen LogP contribution is 2.38. The third-order valence-corrected chi connectivity index (χ3v) is 5.25. The highest BCUT2D eigenvalue weighted by molar-refractivity contribution is 5.96. The molecule has 1 saturated carbocycles. The number of ether oxygens (including phenoxy) is 3. The Morgan fingerprint density at radius 1 is 1.16 bits per heavy atom. The average Bonchev–Trinajstić information content (AvgIpc) is 2.62. The predicted molar refractivity (Wildman–Crippen MR) is 96.3 cm³/mol. The Bertz CT molecular complexity index is 619. The van der Waals surface area contributed by atoms with Crippen molar-refractivity contribution >= 4 is 5.78 Å². The number of rotatable bonds is 6. The first-order chi connectivity index (χ1) is 12.1. The fraction of sp³-hybridized carbons (Fsp3) is 0.571. The predicted octanol–water partition coefficient (Wildman–Crippen LogP) is 4.28. The summed E-state index contributed by atoms with van der Waals surface area (Å²) in [5.41, 5.74) is 1.28. The fourth-order valence-corrected chi connectivity index (χ4v) is 3.89. The minimum atomic E-state index is -0.133. The monoisotopic (exact) mass is 344 g/mol. The topological polar surface area (TPSA) is 44.8 Å². The van der Waals surface area contributed by atoms with Crippen molar-refractivity contribution in [2.45, 2.75) is 58.7 Å². The van der Waals surface area contributed by atoms with Gasteiger partial charge in [-0.3, -0.25) is 4.79 Å². The van der Waals surface area contributed by atoms with Crippen molar-refractivity contribution in [2.24, 2.45) is 11.8 Å². The van der Waals surface area contributed by atoms with Crippen LogP contribution in [0, 0.1) is 11.8 Å². The second kappa shape index (κ2) is 8.05. The first-order valence-electron chi connectivity index (χ1n) is 9.42. The molecule has 4 nitrogen and oxygen atoms in total. The van der Waals surface area contributed by atoms with Gasteiger partial charge in [-0.15, -0.1) is 0 Å². The number of allylic oxidation sites excluding steroid dienone is 1. The number of carbonyl (C=O) groups is 1. The molecule has 1 aromatic rings. The van der Waals surface area contributed by atoms with Crippen molar-refractivity contribution in [3.8, 4) is 5.75 Å². The van der Waals surface area contributed by atoms with Crippen LogP contribution in [0.25, 0.3) is 0 Å². The summed E-state index contributed by atoms with van der Waals surface area (Å²) >= 11 is 0. The normalized spacial score (nSPS) is 28.8. The maximum Gasteiger partial charge on any atom is 0.208 e. The zero-order valence-corrected chi connectivity index (χ0v) is 15.4. The number of hydrogen-bond donors (Lipinski definition) is 0. The van der Waals surface area contributed by atoms with Gasteiger partial charge in [-0.05, 0) is 43.9 Å². The molecule has 4 heteroatoms. The molecular formula is C21H28O4. The summed E-state index contributed by atoms with van der Waals surface area (Å²) in [4.78, 5) is 12.8. The van der Waals surface area contributed by atoms with Gasteiger partial charge in [0.25, 0.3) is 0 Å². The van der Waals surface area contributed by atoms with Gasteiger partial charge < -0.3 is 14.2 Å². The van der Waals surface area contributed by atoms with E-state index in [0.717, 1.165) is 25.7 Å². The molecule has 0 radical (unpaired) electrons. The standard InChI is InChI=1S/C21H28O4/c1-4-6-15-7-9-16(10-8-15)25-19-13-24-21-14(3)18(23-5-2)12-11-17(21)20(19)22/h7-10,13-14,17-18,21H,4-6,11-12H2,1-3H3. The Kier molecular flexibility index (Phi) is 5.79. The largest absolute Gasteiger partial charge is 0.493 e. The molecule has 0 spiro atoms. The average molecular weight is 344 g/mol. The van der Waals surface area contributed by atoms with Crippen LogP contribution in [-0.4, -0.2) is 24.6 Å². The summed E-state index contributed by atoms with van der Waals surface area (Å²) in [5, 5.41) is 0. The lowest BCUT2D eigenvalue weighted by atomic mass is 9.74. The molecule has 0 aromatic heterocycles. The molecule has 1 aliphatic carbocycles. The van der Waals surface area contributed by atoms with E-state index in [4.69, 9.17) is 14.2 Å². The molecule has 1 aromatic carbocycles. The van der Waals surface area contributed by atoms with E-state index in [9.17, 15) is 4.79 Å². The van der Waals surface area contributed by atoms with Gasteiger partial charge in [0.05, 0.1) is 12.0 Å². The Hall–Kier alpha value is -1.81. The van der Waals surface area contributed by atoms with Crippen LogP contribution in [0.4, 0.5) is 0 Å². The lowest BCUT2D eigenvalue weighted by Crippen LogP contribution is -2.48. The summed E-state index contributed by atoms with van der Waals surface area (Å²) in [6.07, 6.45) is 5.39. The van der Waals surface area contributed by atoms with E-state index in [0.29, 0.717) is 18.1 Å². The van der Waals surface area contributed by atoms with Crippen LogP contribution in [0.15, 0.2) is 36.3 Å². The van der Waals surface area contributed by atoms with Crippen LogP contribution in [0.5, 0.6) is 5.75 Å². The zero-order chi connectivity index (χ0) is 17.8. The fourth-order valence-electron chi connectivity index (χ4n) is 3.89. The maximum atomic E-state index is 12.8. The third-order valence-electron chi connectivity index (χ3n) is 5.25. The molecule has 25 heavy (non-hydrogen) atoms. The quantitative estimate of drug-likeness (QED) is 0.773. The molecule has 3 rings (SSSR count). The van der Waals surface area contributed by atoms with E-state index in [1.807, 2.05) is 31.2 Å². The minimum Gasteiger partial charge on any atom is -0.493 e. The van der Waals surface area contributed by atoms with Gasteiger partial charge in [-0.1, -0.05) is 32.4 Å². The highest BCUT2D eigenvalue weighted by Gasteiger charge is 2.45. The van der Waals surface area contributed by atoms with Gasteiger partial charge in [0.15, 0.2) is 0 Å². The zero-order valence-electron chi connectivity index (χ0n) is 15.4. The maximum absolute atomic E-state index is 12.8. The van der Waals surface area contributed by atoms with Gasteiger partial charge >= 0.3 is 0 Å². The van der Waals surface area contributed by atoms with Gasteiger partial charge in [0.1, 0.15) is 18.1 Å². The molecular weight excluding hydrogens is 316 g/mol. The van der Waals surface area contributed by atoms with Crippen molar-refractivity contribution < 1.29 is 19.0 Å². The van der Waals surface area contributed by atoms with Crippen LogP contribution in [0.1, 0.15) is 45.6 Å². The SMILES string of the molecule is CCCc1ccc(OC2=COC3C(CCC(OCC)C3C)C2=O)cc1. The molecule has 1 aliphatic heterocycles. The van der Waals surface area contributed by atoms with Gasteiger partial charge in [-0.2, -0.15) is 0 Å². The Labute approximate surface area is 150 Å². The van der Waals surface area contributed by atoms with Crippen molar-refractivity contribution in [3.05, 3.63) is 41.9 Å². The molecule has 4 unspecified atom stereocenters. The summed E-state index contributed by atoms with van der Waals surface area (Å²) in [5.74, 6) is 1.11. The Morgan fingerprint density at radius 3 is 2.60 bits per heavy atom. The summed E-state index contributed by atoms with van der Waals surface area (Å²) in [7, 11) is 0. The molecule has 1 heterocycles. The first kappa shape index (κ1) is 18.0. The number of fused-ring (bicyclic) bond motifs is 1. The summed E-state index contributed by atoms with van der Waals surface area (Å²) in [6, 6.07) is 7.93. The third kappa shape index (κ3) is 3.90.